The number of alkyl halides is 1. The first kappa shape index (κ1) is 13.7. The summed E-state index contributed by atoms with van der Waals surface area (Å²) < 4.78 is 22.1. The Morgan fingerprint density at radius 2 is 2.00 bits per heavy atom. The third kappa shape index (κ3) is 4.28. The number of nitrogens with one attached hydrogen (secondary N) is 1. The maximum atomic E-state index is 11.4. The molecule has 0 aromatic rings. The molecule has 0 heterocycles. The van der Waals surface area contributed by atoms with Crippen LogP contribution in [0.5, 0.6) is 0 Å². The van der Waals surface area contributed by atoms with Crippen molar-refractivity contribution < 1.29 is 13.2 Å². The van der Waals surface area contributed by atoms with Crippen molar-refractivity contribution in [3.8, 4) is 0 Å². The highest BCUT2D eigenvalue weighted by molar-refractivity contribution is 7.92. The first-order valence-corrected chi connectivity index (χ1v) is 6.87. The van der Waals surface area contributed by atoms with Crippen LogP contribution in [0, 0.1) is 0 Å². The van der Waals surface area contributed by atoms with Gasteiger partial charge in [0, 0.05) is 18.2 Å². The van der Waals surface area contributed by atoms with Gasteiger partial charge in [0.1, 0.15) is 5.25 Å². The van der Waals surface area contributed by atoms with Crippen LogP contribution < -0.4 is 5.32 Å². The first-order chi connectivity index (χ1) is 6.32. The maximum absolute atomic E-state index is 11.4. The number of carbonyl (C=O) groups is 1. The highest BCUT2D eigenvalue weighted by Gasteiger charge is 2.24. The van der Waals surface area contributed by atoms with E-state index in [4.69, 9.17) is 11.6 Å². The largest absolute Gasteiger partial charge is 0.351 e. The molecule has 0 saturated heterocycles. The van der Waals surface area contributed by atoms with Crippen molar-refractivity contribution in [3.63, 3.8) is 0 Å². The van der Waals surface area contributed by atoms with Gasteiger partial charge in [0.05, 0.1) is 0 Å². The van der Waals surface area contributed by atoms with E-state index in [2.05, 4.69) is 5.32 Å². The van der Waals surface area contributed by atoms with E-state index in [9.17, 15) is 13.2 Å². The van der Waals surface area contributed by atoms with Gasteiger partial charge in [0.15, 0.2) is 9.84 Å². The number of halogens is 1. The molecule has 0 aliphatic carbocycles. The fourth-order valence-corrected chi connectivity index (χ4v) is 1.51. The minimum absolute atomic E-state index is 0.159. The number of carbonyl (C=O) groups excluding carboxylic acids is 1. The van der Waals surface area contributed by atoms with Crippen molar-refractivity contribution in [2.75, 3.05) is 12.1 Å². The van der Waals surface area contributed by atoms with Crippen LogP contribution in [-0.4, -0.2) is 37.8 Å². The molecule has 0 aliphatic rings. The fourth-order valence-electron chi connectivity index (χ4n) is 0.763. The zero-order valence-electron chi connectivity index (χ0n) is 8.58. The number of amides is 1. The lowest BCUT2D eigenvalue weighted by atomic mass is 10.2. The minimum Gasteiger partial charge on any atom is -0.351 e. The quantitative estimate of drug-likeness (QED) is 0.716. The third-order valence-electron chi connectivity index (χ3n) is 2.04. The summed E-state index contributed by atoms with van der Waals surface area (Å²) in [6.45, 7) is 3.24. The molecule has 0 rings (SSSR count). The van der Waals surface area contributed by atoms with Crippen LogP contribution in [0.15, 0.2) is 0 Å². The van der Waals surface area contributed by atoms with E-state index in [0.717, 1.165) is 6.26 Å². The number of sulfone groups is 1. The summed E-state index contributed by atoms with van der Waals surface area (Å²) in [5, 5.41) is 1.56. The number of hydrogen-bond acceptors (Lipinski definition) is 3. The lowest BCUT2D eigenvalue weighted by molar-refractivity contribution is -0.121. The van der Waals surface area contributed by atoms with Gasteiger partial charge >= 0.3 is 0 Å². The second-order valence-electron chi connectivity index (χ2n) is 3.24. The van der Waals surface area contributed by atoms with E-state index in [1.165, 1.54) is 6.92 Å². The molecular formula is C8H16ClNO3S. The maximum Gasteiger partial charge on any atom is 0.238 e. The third-order valence-corrected chi connectivity index (χ3v) is 3.91. The van der Waals surface area contributed by atoms with Gasteiger partial charge in [-0.05, 0) is 13.3 Å². The normalized spacial score (nSPS) is 16.0. The van der Waals surface area contributed by atoms with E-state index in [1.54, 1.807) is 0 Å². The van der Waals surface area contributed by atoms with Crippen LogP contribution in [0.2, 0.25) is 0 Å². The van der Waals surface area contributed by atoms with Crippen LogP contribution in [0.25, 0.3) is 0 Å². The second kappa shape index (κ2) is 5.56. The summed E-state index contributed by atoms with van der Waals surface area (Å²) >= 11 is 5.57. The zero-order chi connectivity index (χ0) is 11.4. The van der Waals surface area contributed by atoms with Gasteiger partial charge in [-0.3, -0.25) is 4.79 Å². The van der Waals surface area contributed by atoms with Gasteiger partial charge in [-0.25, -0.2) is 8.42 Å². The van der Waals surface area contributed by atoms with Crippen molar-refractivity contribution in [1.29, 1.82) is 0 Å². The smallest absolute Gasteiger partial charge is 0.238 e. The predicted molar refractivity (Wildman–Crippen MR) is 57.2 cm³/mol. The Balaban J connectivity index is 4.35. The molecule has 2 unspecified atom stereocenters. The molecule has 0 aliphatic heterocycles. The van der Waals surface area contributed by atoms with E-state index >= 15 is 0 Å². The molecule has 1 amide bonds. The molecule has 1 N–H and O–H groups in total. The molecule has 0 bridgehead atoms. The second-order valence-corrected chi connectivity index (χ2v) is 5.91. The van der Waals surface area contributed by atoms with Gasteiger partial charge < -0.3 is 5.32 Å². The lowest BCUT2D eigenvalue weighted by Gasteiger charge is -2.16. The molecule has 84 valence electrons. The van der Waals surface area contributed by atoms with E-state index in [1.807, 2.05) is 6.92 Å². The van der Waals surface area contributed by atoms with Crippen molar-refractivity contribution in [2.45, 2.75) is 31.6 Å². The molecule has 2 atom stereocenters. The number of rotatable bonds is 5. The first-order valence-electron chi connectivity index (χ1n) is 4.38. The summed E-state index contributed by atoms with van der Waals surface area (Å²) in [4.78, 5) is 11.4. The SMILES string of the molecule is CCC(CCl)NC(=O)C(C)S(C)(=O)=O. The topological polar surface area (TPSA) is 63.2 Å². The van der Waals surface area contributed by atoms with Crippen molar-refractivity contribution in [2.24, 2.45) is 0 Å². The fraction of sp³-hybridized carbons (Fsp3) is 0.875. The zero-order valence-corrected chi connectivity index (χ0v) is 10.2. The molecular weight excluding hydrogens is 226 g/mol. The summed E-state index contributed by atoms with van der Waals surface area (Å²) in [6, 6.07) is -0.159. The van der Waals surface area contributed by atoms with Gasteiger partial charge in [-0.2, -0.15) is 0 Å². The minimum atomic E-state index is -3.32. The monoisotopic (exact) mass is 241 g/mol. The van der Waals surface area contributed by atoms with Crippen molar-refractivity contribution >= 4 is 27.3 Å². The van der Waals surface area contributed by atoms with E-state index in [-0.39, 0.29) is 6.04 Å². The average molecular weight is 242 g/mol. The number of hydrogen-bond donors (Lipinski definition) is 1. The van der Waals surface area contributed by atoms with Crippen LogP contribution in [0.4, 0.5) is 0 Å². The summed E-state index contributed by atoms with van der Waals surface area (Å²) in [7, 11) is -3.32. The molecule has 6 heteroatoms. The Morgan fingerprint density at radius 1 is 1.50 bits per heavy atom. The molecule has 0 radical (unpaired) electrons. The molecule has 0 aromatic carbocycles. The summed E-state index contributed by atoms with van der Waals surface area (Å²) in [5.41, 5.74) is 0. The van der Waals surface area contributed by atoms with Gasteiger partial charge in [-0.1, -0.05) is 6.92 Å². The molecule has 0 fully saturated rings. The highest BCUT2D eigenvalue weighted by atomic mass is 35.5. The van der Waals surface area contributed by atoms with Gasteiger partial charge in [-0.15, -0.1) is 11.6 Å². The predicted octanol–water partition coefficient (Wildman–Crippen LogP) is 0.553. The summed E-state index contributed by atoms with van der Waals surface area (Å²) in [6.07, 6.45) is 1.73. The standard InChI is InChI=1S/C8H16ClNO3S/c1-4-7(5-9)10-8(11)6(2)14(3,12)13/h6-7H,4-5H2,1-3H3,(H,10,11). The Hall–Kier alpha value is -0.290. The summed E-state index contributed by atoms with van der Waals surface area (Å²) in [5.74, 6) is -0.196. The van der Waals surface area contributed by atoms with Crippen LogP contribution in [0.1, 0.15) is 20.3 Å². The van der Waals surface area contributed by atoms with Gasteiger partial charge in [0.25, 0.3) is 0 Å². The van der Waals surface area contributed by atoms with Crippen LogP contribution in [0.3, 0.4) is 0 Å². The highest BCUT2D eigenvalue weighted by Crippen LogP contribution is 2.01. The molecule has 0 spiro atoms. The lowest BCUT2D eigenvalue weighted by Crippen LogP contribution is -2.43. The van der Waals surface area contributed by atoms with Crippen LogP contribution in [-0.2, 0) is 14.6 Å². The Kier molecular flexibility index (Phi) is 5.44. The van der Waals surface area contributed by atoms with E-state index < -0.39 is 21.0 Å². The average Bonchev–Trinajstić information content (AvgIpc) is 2.11. The van der Waals surface area contributed by atoms with Crippen LogP contribution >= 0.6 is 11.6 Å². The molecule has 14 heavy (non-hydrogen) atoms. The molecule has 4 nitrogen and oxygen atoms in total. The Bertz CT molecular complexity index is 285. The molecule has 0 saturated carbocycles. The van der Waals surface area contributed by atoms with Gasteiger partial charge in [0.2, 0.25) is 5.91 Å². The Morgan fingerprint density at radius 3 is 2.29 bits per heavy atom. The van der Waals surface area contributed by atoms with Crippen molar-refractivity contribution in [1.82, 2.24) is 5.32 Å². The Labute approximate surface area is 89.9 Å². The molecule has 0 aromatic heterocycles. The van der Waals surface area contributed by atoms with E-state index in [0.29, 0.717) is 12.3 Å². The van der Waals surface area contributed by atoms with Crippen molar-refractivity contribution in [3.05, 3.63) is 0 Å².